The molecule has 1 aromatic rings. The van der Waals surface area contributed by atoms with Crippen LogP contribution in [-0.4, -0.2) is 83.4 Å². The summed E-state index contributed by atoms with van der Waals surface area (Å²) in [5, 5.41) is 7.68. The Labute approximate surface area is 154 Å². The standard InChI is InChI=1S/C18H29N5O3/c1-3-26-11-10-23-15(12-14(2)20-23)18(25)22-9-6-19-13-16(22)17(24)21-7-4-5-8-21/h12,16,19H,3-11,13H2,1-2H3/t16-/m0/s1. The Morgan fingerprint density at radius 2 is 2.08 bits per heavy atom. The van der Waals surface area contributed by atoms with Crippen molar-refractivity contribution in [2.45, 2.75) is 39.3 Å². The number of aryl methyl sites for hydroxylation is 1. The van der Waals surface area contributed by atoms with E-state index in [1.54, 1.807) is 15.6 Å². The summed E-state index contributed by atoms with van der Waals surface area (Å²) in [6.07, 6.45) is 2.09. The third kappa shape index (κ3) is 4.07. The maximum Gasteiger partial charge on any atom is 0.272 e. The first-order valence-corrected chi connectivity index (χ1v) is 9.54. The monoisotopic (exact) mass is 363 g/mol. The molecule has 8 heteroatoms. The summed E-state index contributed by atoms with van der Waals surface area (Å²) in [5.74, 6) is -0.0682. The molecule has 2 aliphatic rings. The van der Waals surface area contributed by atoms with Crippen LogP contribution in [-0.2, 0) is 16.1 Å². The normalized spacial score (nSPS) is 20.6. The lowest BCUT2D eigenvalue weighted by atomic mass is 10.1. The molecule has 2 aliphatic heterocycles. The van der Waals surface area contributed by atoms with Gasteiger partial charge in [0, 0.05) is 39.3 Å². The molecule has 144 valence electrons. The predicted octanol–water partition coefficient (Wildman–Crippen LogP) is 0.264. The van der Waals surface area contributed by atoms with Crippen molar-refractivity contribution >= 4 is 11.8 Å². The molecule has 0 aromatic carbocycles. The van der Waals surface area contributed by atoms with Crippen LogP contribution in [0.2, 0.25) is 0 Å². The van der Waals surface area contributed by atoms with Crippen LogP contribution >= 0.6 is 0 Å². The van der Waals surface area contributed by atoms with Crippen molar-refractivity contribution in [1.29, 1.82) is 0 Å². The number of carbonyl (C=O) groups excluding carboxylic acids is 2. The Morgan fingerprint density at radius 3 is 2.81 bits per heavy atom. The topological polar surface area (TPSA) is 79.7 Å². The van der Waals surface area contributed by atoms with Crippen LogP contribution in [0.4, 0.5) is 0 Å². The number of nitrogens with one attached hydrogen (secondary N) is 1. The fraction of sp³-hybridized carbons (Fsp3) is 0.722. The molecule has 2 saturated heterocycles. The number of hydrogen-bond donors (Lipinski definition) is 1. The van der Waals surface area contributed by atoms with E-state index in [9.17, 15) is 9.59 Å². The number of amides is 2. The smallest absolute Gasteiger partial charge is 0.272 e. The van der Waals surface area contributed by atoms with E-state index < -0.39 is 6.04 Å². The zero-order valence-corrected chi connectivity index (χ0v) is 15.7. The van der Waals surface area contributed by atoms with Crippen molar-refractivity contribution in [3.05, 3.63) is 17.5 Å². The summed E-state index contributed by atoms with van der Waals surface area (Å²) in [5.41, 5.74) is 1.32. The first-order chi connectivity index (χ1) is 12.6. The number of piperazine rings is 1. The van der Waals surface area contributed by atoms with Crippen LogP contribution in [0.1, 0.15) is 35.9 Å². The Hall–Kier alpha value is -1.93. The third-order valence-corrected chi connectivity index (χ3v) is 4.98. The van der Waals surface area contributed by atoms with Crippen molar-refractivity contribution in [2.75, 3.05) is 45.9 Å². The first kappa shape index (κ1) is 18.8. The molecule has 1 aromatic heterocycles. The van der Waals surface area contributed by atoms with Crippen LogP contribution < -0.4 is 5.32 Å². The molecule has 3 rings (SSSR count). The highest BCUT2D eigenvalue weighted by atomic mass is 16.5. The van der Waals surface area contributed by atoms with E-state index in [0.717, 1.165) is 31.6 Å². The minimum Gasteiger partial charge on any atom is -0.380 e. The summed E-state index contributed by atoms with van der Waals surface area (Å²) in [6, 6.07) is 1.36. The second-order valence-electron chi connectivity index (χ2n) is 6.84. The van der Waals surface area contributed by atoms with Crippen LogP contribution in [0.15, 0.2) is 6.07 Å². The van der Waals surface area contributed by atoms with Gasteiger partial charge in [-0.25, -0.2) is 0 Å². The largest absolute Gasteiger partial charge is 0.380 e. The summed E-state index contributed by atoms with van der Waals surface area (Å²) < 4.78 is 7.10. The Morgan fingerprint density at radius 1 is 1.31 bits per heavy atom. The SMILES string of the molecule is CCOCCn1nc(C)cc1C(=O)N1CCNC[C@H]1C(=O)N1CCCC1. The second kappa shape index (κ2) is 8.64. The number of nitrogens with zero attached hydrogens (tertiary/aromatic N) is 4. The van der Waals surface area contributed by atoms with Gasteiger partial charge in [0.15, 0.2) is 0 Å². The molecule has 0 radical (unpaired) electrons. The van der Waals surface area contributed by atoms with Gasteiger partial charge < -0.3 is 19.9 Å². The van der Waals surface area contributed by atoms with Crippen molar-refractivity contribution in [2.24, 2.45) is 0 Å². The average Bonchev–Trinajstić information content (AvgIpc) is 3.31. The summed E-state index contributed by atoms with van der Waals surface area (Å²) in [6.45, 7) is 8.80. The molecule has 0 aliphatic carbocycles. The zero-order valence-electron chi connectivity index (χ0n) is 15.7. The molecule has 0 bridgehead atoms. The summed E-state index contributed by atoms with van der Waals surface area (Å²) in [7, 11) is 0. The van der Waals surface area contributed by atoms with Crippen molar-refractivity contribution in [3.8, 4) is 0 Å². The number of likely N-dealkylation sites (tertiary alicyclic amines) is 1. The number of ether oxygens (including phenoxy) is 1. The summed E-state index contributed by atoms with van der Waals surface area (Å²) >= 11 is 0. The molecule has 0 saturated carbocycles. The molecule has 2 fully saturated rings. The Bertz CT molecular complexity index is 639. The predicted molar refractivity (Wildman–Crippen MR) is 97.0 cm³/mol. The van der Waals surface area contributed by atoms with E-state index in [1.807, 2.05) is 18.7 Å². The number of hydrogen-bond acceptors (Lipinski definition) is 5. The van der Waals surface area contributed by atoms with Gasteiger partial charge in [-0.1, -0.05) is 0 Å². The van der Waals surface area contributed by atoms with E-state index >= 15 is 0 Å². The van der Waals surface area contributed by atoms with Gasteiger partial charge in [-0.2, -0.15) is 5.10 Å². The van der Waals surface area contributed by atoms with E-state index in [-0.39, 0.29) is 11.8 Å². The van der Waals surface area contributed by atoms with Crippen molar-refractivity contribution in [3.63, 3.8) is 0 Å². The van der Waals surface area contributed by atoms with Gasteiger partial charge in [-0.05, 0) is 32.8 Å². The molecule has 1 atom stereocenters. The molecule has 3 heterocycles. The zero-order chi connectivity index (χ0) is 18.5. The molecule has 0 spiro atoms. The maximum absolute atomic E-state index is 13.2. The van der Waals surface area contributed by atoms with Crippen LogP contribution in [0.3, 0.4) is 0 Å². The van der Waals surface area contributed by atoms with Gasteiger partial charge in [0.25, 0.3) is 5.91 Å². The molecule has 0 unspecified atom stereocenters. The minimum atomic E-state index is -0.440. The lowest BCUT2D eigenvalue weighted by molar-refractivity contribution is -0.135. The molecular formula is C18H29N5O3. The number of rotatable bonds is 6. The maximum atomic E-state index is 13.2. The molecule has 1 N–H and O–H groups in total. The molecule has 2 amide bonds. The molecule has 26 heavy (non-hydrogen) atoms. The van der Waals surface area contributed by atoms with Gasteiger partial charge in [0.05, 0.1) is 18.8 Å². The number of aromatic nitrogens is 2. The van der Waals surface area contributed by atoms with Gasteiger partial charge >= 0.3 is 0 Å². The van der Waals surface area contributed by atoms with Crippen LogP contribution in [0.25, 0.3) is 0 Å². The van der Waals surface area contributed by atoms with Gasteiger partial charge in [0.2, 0.25) is 5.91 Å². The van der Waals surface area contributed by atoms with E-state index in [4.69, 9.17) is 4.74 Å². The van der Waals surface area contributed by atoms with Gasteiger partial charge in [-0.3, -0.25) is 14.3 Å². The summed E-state index contributed by atoms with van der Waals surface area (Å²) in [4.78, 5) is 29.7. The van der Waals surface area contributed by atoms with E-state index in [0.29, 0.717) is 45.1 Å². The quantitative estimate of drug-likeness (QED) is 0.734. The van der Waals surface area contributed by atoms with E-state index in [1.165, 1.54) is 0 Å². The van der Waals surface area contributed by atoms with E-state index in [2.05, 4.69) is 10.4 Å². The average molecular weight is 363 g/mol. The highest BCUT2D eigenvalue weighted by Crippen LogP contribution is 2.17. The van der Waals surface area contributed by atoms with Gasteiger partial charge in [-0.15, -0.1) is 0 Å². The number of carbonyl (C=O) groups is 2. The molecule has 8 nitrogen and oxygen atoms in total. The third-order valence-electron chi connectivity index (χ3n) is 4.98. The van der Waals surface area contributed by atoms with Crippen LogP contribution in [0.5, 0.6) is 0 Å². The van der Waals surface area contributed by atoms with Crippen LogP contribution in [0, 0.1) is 6.92 Å². The minimum absolute atomic E-state index is 0.0557. The van der Waals surface area contributed by atoms with Gasteiger partial charge in [0.1, 0.15) is 11.7 Å². The first-order valence-electron chi connectivity index (χ1n) is 9.54. The fourth-order valence-electron chi connectivity index (χ4n) is 3.65. The lowest BCUT2D eigenvalue weighted by Gasteiger charge is -2.37. The Balaban J connectivity index is 1.77. The second-order valence-corrected chi connectivity index (χ2v) is 6.84. The highest BCUT2D eigenvalue weighted by Gasteiger charge is 2.36. The lowest BCUT2D eigenvalue weighted by Crippen LogP contribution is -2.60. The molecular weight excluding hydrogens is 334 g/mol. The van der Waals surface area contributed by atoms with Crippen molar-refractivity contribution in [1.82, 2.24) is 24.9 Å². The highest BCUT2D eigenvalue weighted by molar-refractivity contribution is 5.96. The Kier molecular flexibility index (Phi) is 6.26. The van der Waals surface area contributed by atoms with Crippen molar-refractivity contribution < 1.29 is 14.3 Å². The fourth-order valence-corrected chi connectivity index (χ4v) is 3.65.